The van der Waals surface area contributed by atoms with Crippen LogP contribution in [-0.4, -0.2) is 6.21 Å². The van der Waals surface area contributed by atoms with E-state index in [4.69, 9.17) is 5.41 Å². The number of hydrogen-bond donors (Lipinski definition) is 1. The van der Waals surface area contributed by atoms with Gasteiger partial charge in [0.25, 0.3) is 0 Å². The first-order chi connectivity index (χ1) is 11.8. The van der Waals surface area contributed by atoms with Gasteiger partial charge in [-0.15, -0.1) is 0 Å². The maximum absolute atomic E-state index is 8.05. The molecule has 0 amide bonds. The van der Waals surface area contributed by atoms with Crippen LogP contribution in [-0.2, 0) is 0 Å². The van der Waals surface area contributed by atoms with Gasteiger partial charge < -0.3 is 5.41 Å². The highest BCUT2D eigenvalue weighted by Gasteiger charge is 2.31. The van der Waals surface area contributed by atoms with Crippen molar-refractivity contribution in [3.63, 3.8) is 0 Å². The lowest BCUT2D eigenvalue weighted by Gasteiger charge is -2.35. The van der Waals surface area contributed by atoms with Gasteiger partial charge in [-0.25, -0.2) is 0 Å². The summed E-state index contributed by atoms with van der Waals surface area (Å²) < 4.78 is 0. The molecule has 0 aliphatic heterocycles. The van der Waals surface area contributed by atoms with Gasteiger partial charge in [0.05, 0.1) is 0 Å². The fourth-order valence-electron chi connectivity index (χ4n) is 4.79. The van der Waals surface area contributed by atoms with Crippen LogP contribution in [0.2, 0.25) is 0 Å². The number of rotatable bonds is 3. The lowest BCUT2D eigenvalue weighted by atomic mass is 9.70. The molecule has 2 aromatic rings. The third-order valence-corrected chi connectivity index (χ3v) is 5.97. The first kappa shape index (κ1) is 15.4. The van der Waals surface area contributed by atoms with Crippen LogP contribution in [0.25, 0.3) is 10.8 Å². The molecule has 0 radical (unpaired) electrons. The largest absolute Gasteiger partial charge is 0.308 e. The Labute approximate surface area is 144 Å². The Morgan fingerprint density at radius 1 is 1.00 bits per heavy atom. The zero-order valence-electron chi connectivity index (χ0n) is 14.4. The monoisotopic (exact) mass is 315 g/mol. The van der Waals surface area contributed by atoms with Gasteiger partial charge in [0.15, 0.2) is 0 Å². The SMILES string of the molecule is CC1=C(C2CCCCC2c2ccc3ccccc3c2C=N)CC=C1. The first-order valence-electron chi connectivity index (χ1n) is 9.18. The fraction of sp³-hybridized carbons (Fsp3) is 0.348. The average Bonchev–Trinajstić information content (AvgIpc) is 3.06. The van der Waals surface area contributed by atoms with E-state index in [-0.39, 0.29) is 0 Å². The zero-order chi connectivity index (χ0) is 16.5. The molecule has 0 bridgehead atoms. The molecular weight excluding hydrogens is 290 g/mol. The van der Waals surface area contributed by atoms with Crippen LogP contribution in [0.15, 0.2) is 59.7 Å². The molecule has 2 unspecified atom stereocenters. The standard InChI is InChI=1S/C23H25N/c1-16-7-6-12-18(16)20-10-4-5-11-21(20)22-14-13-17-8-2-3-9-19(17)23(22)15-24/h2-3,6-9,13-15,20-21,24H,4-5,10-12H2,1H3. The van der Waals surface area contributed by atoms with Crippen LogP contribution in [0.4, 0.5) is 0 Å². The first-order valence-corrected chi connectivity index (χ1v) is 9.18. The molecule has 1 saturated carbocycles. The summed E-state index contributed by atoms with van der Waals surface area (Å²) in [5, 5.41) is 10.5. The van der Waals surface area contributed by atoms with Crippen molar-refractivity contribution in [1.82, 2.24) is 0 Å². The van der Waals surface area contributed by atoms with Crippen molar-refractivity contribution in [2.24, 2.45) is 5.92 Å². The summed E-state index contributed by atoms with van der Waals surface area (Å²) in [5.41, 5.74) is 5.64. The van der Waals surface area contributed by atoms with Crippen LogP contribution in [0, 0.1) is 11.3 Å². The second-order valence-electron chi connectivity index (χ2n) is 7.25. The van der Waals surface area contributed by atoms with Gasteiger partial charge in [-0.2, -0.15) is 0 Å². The average molecular weight is 315 g/mol. The van der Waals surface area contributed by atoms with Crippen molar-refractivity contribution in [1.29, 1.82) is 5.41 Å². The summed E-state index contributed by atoms with van der Waals surface area (Å²) in [6.45, 7) is 2.27. The molecule has 4 rings (SSSR count). The van der Waals surface area contributed by atoms with Gasteiger partial charge in [0.2, 0.25) is 0 Å². The summed E-state index contributed by atoms with van der Waals surface area (Å²) in [5.74, 6) is 1.21. The molecule has 24 heavy (non-hydrogen) atoms. The third-order valence-electron chi connectivity index (χ3n) is 5.97. The summed E-state index contributed by atoms with van der Waals surface area (Å²) in [6.07, 6.45) is 12.5. The van der Waals surface area contributed by atoms with Gasteiger partial charge in [0.1, 0.15) is 0 Å². The Balaban J connectivity index is 1.82. The van der Waals surface area contributed by atoms with Crippen molar-refractivity contribution in [3.05, 3.63) is 70.8 Å². The molecule has 2 atom stereocenters. The molecule has 1 heteroatoms. The zero-order valence-corrected chi connectivity index (χ0v) is 14.4. The molecule has 0 saturated heterocycles. The molecule has 1 nitrogen and oxygen atoms in total. The molecule has 1 fully saturated rings. The Morgan fingerprint density at radius 2 is 1.79 bits per heavy atom. The van der Waals surface area contributed by atoms with Gasteiger partial charge in [-0.3, -0.25) is 0 Å². The summed E-state index contributed by atoms with van der Waals surface area (Å²) >= 11 is 0. The molecule has 1 N–H and O–H groups in total. The Kier molecular flexibility index (Phi) is 4.10. The van der Waals surface area contributed by atoms with E-state index in [1.165, 1.54) is 47.6 Å². The Bertz CT molecular complexity index is 840. The molecular formula is C23H25N. The highest BCUT2D eigenvalue weighted by Crippen LogP contribution is 2.46. The van der Waals surface area contributed by atoms with Crippen LogP contribution in [0.3, 0.4) is 0 Å². The van der Waals surface area contributed by atoms with E-state index in [1.807, 2.05) is 0 Å². The van der Waals surface area contributed by atoms with Crippen LogP contribution < -0.4 is 0 Å². The van der Waals surface area contributed by atoms with Gasteiger partial charge in [-0.1, -0.05) is 72.5 Å². The molecule has 122 valence electrons. The maximum Gasteiger partial charge on any atom is 0.0259 e. The topological polar surface area (TPSA) is 23.9 Å². The molecule has 0 spiro atoms. The number of allylic oxidation sites excluding steroid dienone is 4. The highest BCUT2D eigenvalue weighted by molar-refractivity contribution is 6.00. The Morgan fingerprint density at radius 3 is 2.54 bits per heavy atom. The van der Waals surface area contributed by atoms with Gasteiger partial charge in [0, 0.05) is 11.8 Å². The van der Waals surface area contributed by atoms with Crippen LogP contribution >= 0.6 is 0 Å². The number of fused-ring (bicyclic) bond motifs is 1. The predicted octanol–water partition coefficient (Wildman–Crippen LogP) is 6.39. The quantitative estimate of drug-likeness (QED) is 0.635. The lowest BCUT2D eigenvalue weighted by Crippen LogP contribution is -2.21. The second-order valence-corrected chi connectivity index (χ2v) is 7.25. The smallest absolute Gasteiger partial charge is 0.0259 e. The van der Waals surface area contributed by atoms with Gasteiger partial charge in [-0.05, 0) is 54.4 Å². The van der Waals surface area contributed by atoms with Crippen LogP contribution in [0.5, 0.6) is 0 Å². The van der Waals surface area contributed by atoms with Crippen molar-refractivity contribution >= 4 is 17.0 Å². The maximum atomic E-state index is 8.05. The van der Waals surface area contributed by atoms with Crippen molar-refractivity contribution in [3.8, 4) is 0 Å². The predicted molar refractivity (Wildman–Crippen MR) is 103 cm³/mol. The normalized spacial score (nSPS) is 23.9. The third kappa shape index (κ3) is 2.53. The van der Waals surface area contributed by atoms with E-state index in [0.717, 1.165) is 12.0 Å². The lowest BCUT2D eigenvalue weighted by molar-refractivity contribution is 0.344. The van der Waals surface area contributed by atoms with Crippen molar-refractivity contribution < 1.29 is 0 Å². The second kappa shape index (κ2) is 6.39. The molecule has 2 aliphatic rings. The van der Waals surface area contributed by atoms with E-state index < -0.39 is 0 Å². The number of nitrogens with one attached hydrogen (secondary N) is 1. The molecule has 0 heterocycles. The number of hydrogen-bond acceptors (Lipinski definition) is 1. The minimum atomic E-state index is 0.560. The number of benzene rings is 2. The van der Waals surface area contributed by atoms with E-state index in [2.05, 4.69) is 55.5 Å². The van der Waals surface area contributed by atoms with Crippen molar-refractivity contribution in [2.75, 3.05) is 0 Å². The molecule has 2 aliphatic carbocycles. The minimum absolute atomic E-state index is 0.560. The minimum Gasteiger partial charge on any atom is -0.308 e. The molecule has 0 aromatic heterocycles. The molecule has 2 aromatic carbocycles. The fourth-order valence-corrected chi connectivity index (χ4v) is 4.79. The van der Waals surface area contributed by atoms with E-state index in [9.17, 15) is 0 Å². The summed E-state index contributed by atoms with van der Waals surface area (Å²) in [7, 11) is 0. The Hall–Kier alpha value is -2.15. The van der Waals surface area contributed by atoms with Gasteiger partial charge >= 0.3 is 0 Å². The van der Waals surface area contributed by atoms with Crippen LogP contribution in [0.1, 0.15) is 56.1 Å². The highest BCUT2D eigenvalue weighted by atomic mass is 14.4. The summed E-state index contributed by atoms with van der Waals surface area (Å²) in [4.78, 5) is 0. The van der Waals surface area contributed by atoms with E-state index >= 15 is 0 Å². The van der Waals surface area contributed by atoms with E-state index in [1.54, 1.807) is 11.8 Å². The van der Waals surface area contributed by atoms with Crippen molar-refractivity contribution in [2.45, 2.75) is 44.9 Å². The summed E-state index contributed by atoms with van der Waals surface area (Å²) in [6, 6.07) is 13.0. The van der Waals surface area contributed by atoms with E-state index in [0.29, 0.717) is 11.8 Å².